The summed E-state index contributed by atoms with van der Waals surface area (Å²) in [5.41, 5.74) is 8.27. The molecule has 0 aromatic heterocycles. The van der Waals surface area contributed by atoms with E-state index in [0.717, 1.165) is 11.3 Å². The van der Waals surface area contributed by atoms with Gasteiger partial charge in [0.05, 0.1) is 0 Å². The lowest BCUT2D eigenvalue weighted by molar-refractivity contribution is 0.195. The first-order valence-electron chi connectivity index (χ1n) is 5.94. The number of benzene rings is 1. The third kappa shape index (κ3) is 3.24. The molecule has 2 atom stereocenters. The van der Waals surface area contributed by atoms with Gasteiger partial charge in [-0.2, -0.15) is 0 Å². The lowest BCUT2D eigenvalue weighted by atomic mass is 10.0. The maximum Gasteiger partial charge on any atom is 0.122 e. The summed E-state index contributed by atoms with van der Waals surface area (Å²) in [6.07, 6.45) is 0.0427. The van der Waals surface area contributed by atoms with Gasteiger partial charge in [-0.15, -0.1) is 0 Å². The quantitative estimate of drug-likeness (QED) is 0.847. The monoisotopic (exact) mass is 221 g/mol. The topological polar surface area (TPSA) is 35.2 Å². The molecule has 0 radical (unpaired) electrons. The van der Waals surface area contributed by atoms with Crippen molar-refractivity contribution >= 4 is 0 Å². The van der Waals surface area contributed by atoms with Crippen molar-refractivity contribution in [3.8, 4) is 5.75 Å². The van der Waals surface area contributed by atoms with Crippen LogP contribution in [0, 0.1) is 6.92 Å². The molecule has 2 N–H and O–H groups in total. The molecule has 1 rings (SSSR count). The largest absolute Gasteiger partial charge is 0.489 e. The Labute approximate surface area is 98.8 Å². The summed E-state index contributed by atoms with van der Waals surface area (Å²) >= 11 is 0. The van der Waals surface area contributed by atoms with Crippen LogP contribution in [-0.2, 0) is 0 Å². The van der Waals surface area contributed by atoms with E-state index in [1.807, 2.05) is 13.8 Å². The van der Waals surface area contributed by atoms with E-state index >= 15 is 0 Å². The standard InChI is InChI=1S/C14H23NO/c1-9(2)13-7-6-10(3)14(8-13)16-12(5)11(4)15/h6-9,11-12H,15H2,1-5H3. The number of hydrogen-bond acceptors (Lipinski definition) is 2. The van der Waals surface area contributed by atoms with Crippen LogP contribution in [0.3, 0.4) is 0 Å². The molecule has 0 fully saturated rings. The number of aryl methyl sites for hydroxylation is 1. The van der Waals surface area contributed by atoms with Gasteiger partial charge >= 0.3 is 0 Å². The first-order valence-corrected chi connectivity index (χ1v) is 5.94. The number of ether oxygens (including phenoxy) is 1. The van der Waals surface area contributed by atoms with Crippen LogP contribution in [0.2, 0.25) is 0 Å². The predicted molar refractivity (Wildman–Crippen MR) is 69.0 cm³/mol. The fourth-order valence-corrected chi connectivity index (χ4v) is 1.41. The highest BCUT2D eigenvalue weighted by Crippen LogP contribution is 2.25. The normalized spacial score (nSPS) is 14.9. The lowest BCUT2D eigenvalue weighted by Crippen LogP contribution is -2.33. The van der Waals surface area contributed by atoms with Crippen molar-refractivity contribution in [3.63, 3.8) is 0 Å². The van der Waals surface area contributed by atoms with Gasteiger partial charge in [-0.05, 0) is 43.9 Å². The molecule has 0 amide bonds. The summed E-state index contributed by atoms with van der Waals surface area (Å²) in [6, 6.07) is 6.43. The molecule has 2 nitrogen and oxygen atoms in total. The summed E-state index contributed by atoms with van der Waals surface area (Å²) in [4.78, 5) is 0. The number of rotatable bonds is 4. The van der Waals surface area contributed by atoms with Gasteiger partial charge < -0.3 is 10.5 Å². The van der Waals surface area contributed by atoms with Gasteiger partial charge in [-0.25, -0.2) is 0 Å². The Morgan fingerprint density at radius 1 is 1.12 bits per heavy atom. The van der Waals surface area contributed by atoms with Gasteiger partial charge in [-0.3, -0.25) is 0 Å². The van der Waals surface area contributed by atoms with Crippen molar-refractivity contribution in [2.24, 2.45) is 5.73 Å². The van der Waals surface area contributed by atoms with Crippen LogP contribution in [0.1, 0.15) is 44.7 Å². The third-order valence-corrected chi connectivity index (χ3v) is 2.93. The van der Waals surface area contributed by atoms with Crippen LogP contribution in [0.4, 0.5) is 0 Å². The van der Waals surface area contributed by atoms with E-state index in [2.05, 4.69) is 39.0 Å². The van der Waals surface area contributed by atoms with E-state index in [0.29, 0.717) is 5.92 Å². The van der Waals surface area contributed by atoms with E-state index in [4.69, 9.17) is 10.5 Å². The average molecular weight is 221 g/mol. The first-order chi connectivity index (χ1) is 7.41. The average Bonchev–Trinajstić information content (AvgIpc) is 2.20. The highest BCUT2D eigenvalue weighted by Gasteiger charge is 2.11. The van der Waals surface area contributed by atoms with Gasteiger partial charge in [0.1, 0.15) is 11.9 Å². The molecule has 0 saturated carbocycles. The van der Waals surface area contributed by atoms with E-state index < -0.39 is 0 Å². The fourth-order valence-electron chi connectivity index (χ4n) is 1.41. The smallest absolute Gasteiger partial charge is 0.122 e. The zero-order valence-corrected chi connectivity index (χ0v) is 10.9. The van der Waals surface area contributed by atoms with Crippen molar-refractivity contribution < 1.29 is 4.74 Å². The summed E-state index contributed by atoms with van der Waals surface area (Å²) in [6.45, 7) is 10.4. The van der Waals surface area contributed by atoms with Gasteiger partial charge in [0.15, 0.2) is 0 Å². The zero-order valence-electron chi connectivity index (χ0n) is 10.9. The van der Waals surface area contributed by atoms with E-state index in [-0.39, 0.29) is 12.1 Å². The second-order valence-electron chi connectivity index (χ2n) is 4.86. The van der Waals surface area contributed by atoms with Crippen molar-refractivity contribution in [1.29, 1.82) is 0 Å². The molecule has 90 valence electrons. The molecule has 16 heavy (non-hydrogen) atoms. The van der Waals surface area contributed by atoms with Crippen LogP contribution >= 0.6 is 0 Å². The van der Waals surface area contributed by atoms with Gasteiger partial charge in [0.2, 0.25) is 0 Å². The number of nitrogens with two attached hydrogens (primary N) is 1. The Morgan fingerprint density at radius 2 is 1.75 bits per heavy atom. The number of hydrogen-bond donors (Lipinski definition) is 1. The minimum atomic E-state index is 0.0427. The Bertz CT molecular complexity index is 345. The summed E-state index contributed by atoms with van der Waals surface area (Å²) in [7, 11) is 0. The van der Waals surface area contributed by atoms with Crippen LogP contribution in [0.5, 0.6) is 5.75 Å². The van der Waals surface area contributed by atoms with Crippen molar-refractivity contribution in [2.45, 2.75) is 52.7 Å². The minimum absolute atomic E-state index is 0.0427. The second-order valence-corrected chi connectivity index (χ2v) is 4.86. The third-order valence-electron chi connectivity index (χ3n) is 2.93. The Hall–Kier alpha value is -1.02. The van der Waals surface area contributed by atoms with Crippen molar-refractivity contribution in [2.75, 3.05) is 0 Å². The van der Waals surface area contributed by atoms with Crippen LogP contribution in [0.15, 0.2) is 18.2 Å². The Kier molecular flexibility index (Phi) is 4.36. The molecule has 0 spiro atoms. The summed E-state index contributed by atoms with van der Waals surface area (Å²) < 4.78 is 5.87. The molecule has 2 unspecified atom stereocenters. The van der Waals surface area contributed by atoms with Crippen molar-refractivity contribution in [3.05, 3.63) is 29.3 Å². The molecular weight excluding hydrogens is 198 g/mol. The van der Waals surface area contributed by atoms with Crippen molar-refractivity contribution in [1.82, 2.24) is 0 Å². The van der Waals surface area contributed by atoms with Crippen LogP contribution < -0.4 is 10.5 Å². The first kappa shape index (κ1) is 13.0. The van der Waals surface area contributed by atoms with E-state index in [9.17, 15) is 0 Å². The second kappa shape index (κ2) is 5.35. The van der Waals surface area contributed by atoms with Crippen LogP contribution in [0.25, 0.3) is 0 Å². The van der Waals surface area contributed by atoms with Gasteiger partial charge in [-0.1, -0.05) is 26.0 Å². The lowest BCUT2D eigenvalue weighted by Gasteiger charge is -2.20. The highest BCUT2D eigenvalue weighted by molar-refractivity contribution is 5.37. The molecule has 1 aromatic rings. The predicted octanol–water partition coefficient (Wildman–Crippen LogP) is 3.23. The molecule has 0 saturated heterocycles. The maximum absolute atomic E-state index is 5.87. The molecule has 0 aliphatic carbocycles. The zero-order chi connectivity index (χ0) is 12.3. The van der Waals surface area contributed by atoms with E-state index in [1.165, 1.54) is 5.56 Å². The maximum atomic E-state index is 5.87. The molecule has 0 aliphatic rings. The van der Waals surface area contributed by atoms with Crippen LogP contribution in [-0.4, -0.2) is 12.1 Å². The Morgan fingerprint density at radius 3 is 2.25 bits per heavy atom. The molecule has 0 bridgehead atoms. The fraction of sp³-hybridized carbons (Fsp3) is 0.571. The molecular formula is C14H23NO. The van der Waals surface area contributed by atoms with Gasteiger partial charge in [0, 0.05) is 6.04 Å². The SMILES string of the molecule is Cc1ccc(C(C)C)cc1OC(C)C(C)N. The molecule has 0 heterocycles. The minimum Gasteiger partial charge on any atom is -0.489 e. The Balaban J connectivity index is 2.90. The summed E-state index contributed by atoms with van der Waals surface area (Å²) in [5.74, 6) is 1.48. The highest BCUT2D eigenvalue weighted by atomic mass is 16.5. The van der Waals surface area contributed by atoms with Gasteiger partial charge in [0.25, 0.3) is 0 Å². The molecule has 0 aliphatic heterocycles. The molecule has 1 aromatic carbocycles. The van der Waals surface area contributed by atoms with E-state index in [1.54, 1.807) is 0 Å². The summed E-state index contributed by atoms with van der Waals surface area (Å²) in [5, 5.41) is 0. The molecule has 2 heteroatoms.